The van der Waals surface area contributed by atoms with Crippen LogP contribution in [-0.4, -0.2) is 23.1 Å². The van der Waals surface area contributed by atoms with Gasteiger partial charge in [-0.1, -0.05) is 0 Å². The van der Waals surface area contributed by atoms with Gasteiger partial charge in [0.15, 0.2) is 0 Å². The Labute approximate surface area is 111 Å². The summed E-state index contributed by atoms with van der Waals surface area (Å²) in [5.41, 5.74) is 3.24. The van der Waals surface area contributed by atoms with E-state index in [1.807, 2.05) is 19.3 Å². The van der Waals surface area contributed by atoms with Crippen molar-refractivity contribution in [3.63, 3.8) is 0 Å². The molecule has 0 aliphatic carbocycles. The molecule has 0 amide bonds. The second-order valence-electron chi connectivity index (χ2n) is 4.03. The number of aryl methyl sites for hydroxylation is 1. The summed E-state index contributed by atoms with van der Waals surface area (Å²) in [4.78, 5) is 8.63. The Hall–Kier alpha value is -1.62. The molecule has 5 heteroatoms. The van der Waals surface area contributed by atoms with Gasteiger partial charge in [-0.2, -0.15) is 0 Å². The molecule has 0 fully saturated rings. The number of thiazole rings is 1. The Balaban J connectivity index is 1.84. The van der Waals surface area contributed by atoms with E-state index in [2.05, 4.69) is 39.0 Å². The highest BCUT2D eigenvalue weighted by Gasteiger charge is 1.99. The van der Waals surface area contributed by atoms with Crippen LogP contribution in [0.5, 0.6) is 0 Å². The summed E-state index contributed by atoms with van der Waals surface area (Å²) in [6.07, 6.45) is 4.61. The third kappa shape index (κ3) is 3.70. The fourth-order valence-corrected chi connectivity index (χ4v) is 2.34. The summed E-state index contributed by atoms with van der Waals surface area (Å²) >= 11 is 1.70. The predicted molar refractivity (Wildman–Crippen MR) is 77.4 cm³/mol. The van der Waals surface area contributed by atoms with Crippen LogP contribution in [-0.2, 0) is 6.42 Å². The number of pyridine rings is 1. The summed E-state index contributed by atoms with van der Waals surface area (Å²) in [6.45, 7) is 5.89. The molecule has 0 aliphatic heterocycles. The molecule has 0 saturated heterocycles. The molecule has 0 atom stereocenters. The van der Waals surface area contributed by atoms with Crippen molar-refractivity contribution in [2.45, 2.75) is 20.3 Å². The first-order valence-electron chi connectivity index (χ1n) is 6.11. The lowest BCUT2D eigenvalue weighted by Crippen LogP contribution is -2.06. The van der Waals surface area contributed by atoms with Crippen LogP contribution in [0.1, 0.15) is 17.6 Å². The number of rotatable bonds is 6. The van der Waals surface area contributed by atoms with Gasteiger partial charge < -0.3 is 10.6 Å². The zero-order valence-electron chi connectivity index (χ0n) is 10.7. The third-order valence-electron chi connectivity index (χ3n) is 2.50. The smallest absolute Gasteiger partial charge is 0.0897 e. The lowest BCUT2D eigenvalue weighted by molar-refractivity contribution is 0.967. The van der Waals surface area contributed by atoms with Crippen LogP contribution in [0.25, 0.3) is 0 Å². The van der Waals surface area contributed by atoms with Crippen LogP contribution in [0, 0.1) is 6.92 Å². The average Bonchev–Trinajstić information content (AvgIpc) is 2.76. The zero-order chi connectivity index (χ0) is 12.8. The summed E-state index contributed by atoms with van der Waals surface area (Å²) in [6, 6.07) is 2.07. The largest absolute Gasteiger partial charge is 0.384 e. The minimum atomic E-state index is 0.875. The highest BCUT2D eigenvalue weighted by atomic mass is 32.1. The van der Waals surface area contributed by atoms with Gasteiger partial charge in [-0.25, -0.2) is 4.98 Å². The SMILES string of the molecule is CCNc1cncc(NCCc2csc(C)n2)c1. The monoisotopic (exact) mass is 262 g/mol. The molecule has 0 unspecified atom stereocenters. The van der Waals surface area contributed by atoms with Crippen molar-refractivity contribution >= 4 is 22.7 Å². The number of hydrogen-bond donors (Lipinski definition) is 2. The molecular formula is C13H18N4S. The highest BCUT2D eigenvalue weighted by molar-refractivity contribution is 7.09. The molecule has 0 aliphatic rings. The number of nitrogens with zero attached hydrogens (tertiary/aromatic N) is 2. The second kappa shape index (κ2) is 6.35. The average molecular weight is 262 g/mol. The van der Waals surface area contributed by atoms with E-state index in [1.54, 1.807) is 11.3 Å². The van der Waals surface area contributed by atoms with Crippen molar-refractivity contribution in [2.75, 3.05) is 23.7 Å². The molecule has 2 heterocycles. The van der Waals surface area contributed by atoms with Crippen LogP contribution in [0.4, 0.5) is 11.4 Å². The Bertz CT molecular complexity index is 495. The number of anilines is 2. The Morgan fingerprint density at radius 3 is 2.67 bits per heavy atom. The van der Waals surface area contributed by atoms with Crippen LogP contribution >= 0.6 is 11.3 Å². The first-order valence-corrected chi connectivity index (χ1v) is 6.99. The molecule has 2 N–H and O–H groups in total. The van der Waals surface area contributed by atoms with Gasteiger partial charge in [0.2, 0.25) is 0 Å². The van der Waals surface area contributed by atoms with E-state index in [4.69, 9.17) is 0 Å². The van der Waals surface area contributed by atoms with Gasteiger partial charge >= 0.3 is 0 Å². The van der Waals surface area contributed by atoms with Gasteiger partial charge in [-0.05, 0) is 19.9 Å². The topological polar surface area (TPSA) is 49.8 Å². The molecular weight excluding hydrogens is 244 g/mol. The molecule has 2 rings (SSSR count). The van der Waals surface area contributed by atoms with Crippen molar-refractivity contribution in [1.82, 2.24) is 9.97 Å². The van der Waals surface area contributed by atoms with E-state index in [0.29, 0.717) is 0 Å². The van der Waals surface area contributed by atoms with Gasteiger partial charge in [0.1, 0.15) is 0 Å². The van der Waals surface area contributed by atoms with Crippen molar-refractivity contribution in [1.29, 1.82) is 0 Å². The summed E-state index contributed by atoms with van der Waals surface area (Å²) < 4.78 is 0. The Kier molecular flexibility index (Phi) is 4.52. The minimum Gasteiger partial charge on any atom is -0.384 e. The zero-order valence-corrected chi connectivity index (χ0v) is 11.5. The first-order chi connectivity index (χ1) is 8.78. The molecule has 2 aromatic rings. The van der Waals surface area contributed by atoms with E-state index >= 15 is 0 Å². The molecule has 4 nitrogen and oxygen atoms in total. The molecule has 0 bridgehead atoms. The Morgan fingerprint density at radius 1 is 1.22 bits per heavy atom. The van der Waals surface area contributed by atoms with Crippen molar-refractivity contribution in [3.8, 4) is 0 Å². The van der Waals surface area contributed by atoms with Crippen LogP contribution in [0.3, 0.4) is 0 Å². The van der Waals surface area contributed by atoms with Crippen LogP contribution in [0.2, 0.25) is 0 Å². The third-order valence-corrected chi connectivity index (χ3v) is 3.32. The summed E-state index contributed by atoms with van der Waals surface area (Å²) in [7, 11) is 0. The molecule has 0 saturated carbocycles. The fourth-order valence-electron chi connectivity index (χ4n) is 1.70. The van der Waals surface area contributed by atoms with Gasteiger partial charge in [0, 0.05) is 24.9 Å². The van der Waals surface area contributed by atoms with Gasteiger partial charge in [0.05, 0.1) is 34.5 Å². The first kappa shape index (κ1) is 12.8. The van der Waals surface area contributed by atoms with Gasteiger partial charge in [-0.15, -0.1) is 11.3 Å². The number of hydrogen-bond acceptors (Lipinski definition) is 5. The maximum absolute atomic E-state index is 4.44. The van der Waals surface area contributed by atoms with E-state index in [0.717, 1.165) is 41.6 Å². The van der Waals surface area contributed by atoms with Gasteiger partial charge in [-0.3, -0.25) is 4.98 Å². The van der Waals surface area contributed by atoms with Crippen LogP contribution in [0.15, 0.2) is 23.8 Å². The van der Waals surface area contributed by atoms with Crippen molar-refractivity contribution in [2.24, 2.45) is 0 Å². The van der Waals surface area contributed by atoms with Crippen LogP contribution < -0.4 is 10.6 Å². The summed E-state index contributed by atoms with van der Waals surface area (Å²) in [5, 5.41) is 9.85. The molecule has 0 radical (unpaired) electrons. The standard InChI is InChI=1S/C13H18N4S/c1-3-15-12-6-13(8-14-7-12)16-5-4-11-9-18-10(2)17-11/h6-9,15-16H,3-5H2,1-2H3. The summed E-state index contributed by atoms with van der Waals surface area (Å²) in [5.74, 6) is 0. The maximum Gasteiger partial charge on any atom is 0.0897 e. The van der Waals surface area contributed by atoms with Crippen molar-refractivity contribution < 1.29 is 0 Å². The van der Waals surface area contributed by atoms with E-state index in [-0.39, 0.29) is 0 Å². The second-order valence-corrected chi connectivity index (χ2v) is 5.09. The molecule has 96 valence electrons. The maximum atomic E-state index is 4.44. The fraction of sp³-hybridized carbons (Fsp3) is 0.385. The predicted octanol–water partition coefficient (Wildman–Crippen LogP) is 2.93. The quantitative estimate of drug-likeness (QED) is 0.840. The van der Waals surface area contributed by atoms with Crippen molar-refractivity contribution in [3.05, 3.63) is 34.5 Å². The number of nitrogens with one attached hydrogen (secondary N) is 2. The molecule has 0 spiro atoms. The molecule has 0 aromatic carbocycles. The lowest BCUT2D eigenvalue weighted by atomic mass is 10.3. The van der Waals surface area contributed by atoms with Gasteiger partial charge in [0.25, 0.3) is 0 Å². The number of aromatic nitrogens is 2. The minimum absolute atomic E-state index is 0.875. The van der Waals surface area contributed by atoms with E-state index in [1.165, 1.54) is 0 Å². The highest BCUT2D eigenvalue weighted by Crippen LogP contribution is 2.13. The Morgan fingerprint density at radius 2 is 2.00 bits per heavy atom. The molecule has 18 heavy (non-hydrogen) atoms. The normalized spacial score (nSPS) is 10.3. The molecule has 2 aromatic heterocycles. The van der Waals surface area contributed by atoms with E-state index in [9.17, 15) is 0 Å². The lowest BCUT2D eigenvalue weighted by Gasteiger charge is -2.07. The van der Waals surface area contributed by atoms with E-state index < -0.39 is 0 Å².